The van der Waals surface area contributed by atoms with Gasteiger partial charge in [0.2, 0.25) is 11.8 Å². The lowest BCUT2D eigenvalue weighted by Crippen LogP contribution is -2.51. The van der Waals surface area contributed by atoms with E-state index >= 15 is 0 Å². The Morgan fingerprint density at radius 1 is 1.07 bits per heavy atom. The zero-order valence-corrected chi connectivity index (χ0v) is 15.9. The largest absolute Gasteiger partial charge is 0.459 e. The van der Waals surface area contributed by atoms with E-state index < -0.39 is 0 Å². The molecular formula is C20H24N4O4. The van der Waals surface area contributed by atoms with Crippen LogP contribution in [0, 0.1) is 0 Å². The molecule has 3 rings (SSSR count). The van der Waals surface area contributed by atoms with Crippen LogP contribution in [0.3, 0.4) is 0 Å². The van der Waals surface area contributed by atoms with Crippen LogP contribution >= 0.6 is 0 Å². The first-order chi connectivity index (χ1) is 13.5. The molecule has 1 aliphatic heterocycles. The third kappa shape index (κ3) is 4.97. The van der Waals surface area contributed by atoms with Crippen molar-refractivity contribution in [3.05, 3.63) is 54.2 Å². The summed E-state index contributed by atoms with van der Waals surface area (Å²) >= 11 is 0. The molecule has 0 spiro atoms. The molecule has 8 heteroatoms. The van der Waals surface area contributed by atoms with Gasteiger partial charge in [-0.15, -0.1) is 0 Å². The maximum Gasteiger partial charge on any atom is 0.289 e. The molecule has 0 aliphatic carbocycles. The van der Waals surface area contributed by atoms with Gasteiger partial charge in [-0.1, -0.05) is 0 Å². The van der Waals surface area contributed by atoms with Crippen molar-refractivity contribution in [3.63, 3.8) is 0 Å². The molecule has 148 valence electrons. The SMILES string of the molecule is CC(=O)N(CCC(=O)N1CCN(C(=O)c2ccco2)CC1)Cc1ccncc1. The molecule has 0 atom stereocenters. The van der Waals surface area contributed by atoms with Gasteiger partial charge >= 0.3 is 0 Å². The number of pyridine rings is 1. The number of nitrogens with zero attached hydrogens (tertiary/aromatic N) is 4. The minimum absolute atomic E-state index is 0.00826. The summed E-state index contributed by atoms with van der Waals surface area (Å²) in [5.41, 5.74) is 0.975. The lowest BCUT2D eigenvalue weighted by Gasteiger charge is -2.34. The second kappa shape index (κ2) is 9.16. The highest BCUT2D eigenvalue weighted by Crippen LogP contribution is 2.11. The first-order valence-electron chi connectivity index (χ1n) is 9.29. The Morgan fingerprint density at radius 2 is 1.75 bits per heavy atom. The van der Waals surface area contributed by atoms with Crippen LogP contribution in [-0.4, -0.2) is 70.1 Å². The van der Waals surface area contributed by atoms with Crippen LogP contribution in [0.25, 0.3) is 0 Å². The minimum Gasteiger partial charge on any atom is -0.459 e. The first-order valence-corrected chi connectivity index (χ1v) is 9.29. The molecule has 1 aliphatic rings. The van der Waals surface area contributed by atoms with Crippen molar-refractivity contribution in [2.75, 3.05) is 32.7 Å². The molecule has 0 radical (unpaired) electrons. The number of rotatable bonds is 6. The maximum atomic E-state index is 12.5. The lowest BCUT2D eigenvalue weighted by atomic mass is 10.2. The van der Waals surface area contributed by atoms with E-state index in [1.807, 2.05) is 12.1 Å². The van der Waals surface area contributed by atoms with E-state index in [2.05, 4.69) is 4.98 Å². The molecule has 8 nitrogen and oxygen atoms in total. The van der Waals surface area contributed by atoms with Crippen LogP contribution in [-0.2, 0) is 16.1 Å². The molecule has 2 aromatic heterocycles. The molecule has 28 heavy (non-hydrogen) atoms. The minimum atomic E-state index is -0.155. The second-order valence-electron chi connectivity index (χ2n) is 6.70. The third-order valence-electron chi connectivity index (χ3n) is 4.82. The Morgan fingerprint density at radius 3 is 2.36 bits per heavy atom. The molecule has 3 amide bonds. The Labute approximate surface area is 163 Å². The predicted octanol–water partition coefficient (Wildman–Crippen LogP) is 1.40. The maximum absolute atomic E-state index is 12.5. The average Bonchev–Trinajstić information content (AvgIpc) is 3.26. The van der Waals surface area contributed by atoms with Crippen molar-refractivity contribution in [2.45, 2.75) is 19.9 Å². The topological polar surface area (TPSA) is 87.0 Å². The van der Waals surface area contributed by atoms with Gasteiger partial charge in [-0.2, -0.15) is 0 Å². The van der Waals surface area contributed by atoms with Gasteiger partial charge in [-0.25, -0.2) is 0 Å². The second-order valence-corrected chi connectivity index (χ2v) is 6.70. The molecule has 3 heterocycles. The zero-order valence-electron chi connectivity index (χ0n) is 15.9. The van der Waals surface area contributed by atoms with Crippen LogP contribution in [0.1, 0.15) is 29.5 Å². The number of hydrogen-bond donors (Lipinski definition) is 0. The van der Waals surface area contributed by atoms with Gasteiger partial charge < -0.3 is 19.1 Å². The summed E-state index contributed by atoms with van der Waals surface area (Å²) in [7, 11) is 0. The Kier molecular flexibility index (Phi) is 6.41. The normalized spacial score (nSPS) is 14.0. The highest BCUT2D eigenvalue weighted by atomic mass is 16.3. The van der Waals surface area contributed by atoms with Gasteiger partial charge in [0.1, 0.15) is 0 Å². The fourth-order valence-corrected chi connectivity index (χ4v) is 3.16. The fourth-order valence-electron chi connectivity index (χ4n) is 3.16. The summed E-state index contributed by atoms with van der Waals surface area (Å²) in [6.07, 6.45) is 5.10. The Bertz CT molecular complexity index is 799. The predicted molar refractivity (Wildman–Crippen MR) is 101 cm³/mol. The molecule has 0 aromatic carbocycles. The highest BCUT2D eigenvalue weighted by Gasteiger charge is 2.26. The van der Waals surface area contributed by atoms with Crippen molar-refractivity contribution in [2.24, 2.45) is 0 Å². The first kappa shape index (κ1) is 19.6. The van der Waals surface area contributed by atoms with Gasteiger partial charge in [0.25, 0.3) is 5.91 Å². The summed E-state index contributed by atoms with van der Waals surface area (Å²) < 4.78 is 5.15. The number of piperazine rings is 1. The molecule has 1 saturated heterocycles. The molecule has 0 saturated carbocycles. The standard InChI is InChI=1S/C20H24N4O4/c1-16(25)24(15-17-4-7-21-8-5-17)9-6-19(26)22-10-12-23(13-11-22)20(27)18-3-2-14-28-18/h2-5,7-8,14H,6,9-13,15H2,1H3. The molecule has 0 unspecified atom stereocenters. The lowest BCUT2D eigenvalue weighted by molar-refractivity contribution is -0.134. The number of furan rings is 1. The van der Waals surface area contributed by atoms with E-state index in [1.54, 1.807) is 39.2 Å². The molecule has 0 N–H and O–H groups in total. The molecule has 2 aromatic rings. The zero-order chi connectivity index (χ0) is 19.9. The van der Waals surface area contributed by atoms with Gasteiger partial charge in [0, 0.05) is 65.0 Å². The number of carbonyl (C=O) groups excluding carboxylic acids is 3. The average molecular weight is 384 g/mol. The third-order valence-corrected chi connectivity index (χ3v) is 4.82. The summed E-state index contributed by atoms with van der Waals surface area (Å²) in [6.45, 7) is 4.23. The molecule has 1 fully saturated rings. The van der Waals surface area contributed by atoms with E-state index in [4.69, 9.17) is 4.42 Å². The number of amides is 3. The molecular weight excluding hydrogens is 360 g/mol. The summed E-state index contributed by atoms with van der Waals surface area (Å²) in [4.78, 5) is 45.8. The van der Waals surface area contributed by atoms with Crippen LogP contribution < -0.4 is 0 Å². The highest BCUT2D eigenvalue weighted by molar-refractivity contribution is 5.91. The van der Waals surface area contributed by atoms with Crippen molar-refractivity contribution in [1.29, 1.82) is 0 Å². The monoisotopic (exact) mass is 384 g/mol. The fraction of sp³-hybridized carbons (Fsp3) is 0.400. The van der Waals surface area contributed by atoms with E-state index in [1.165, 1.54) is 13.2 Å². The van der Waals surface area contributed by atoms with Crippen LogP contribution in [0.15, 0.2) is 47.3 Å². The van der Waals surface area contributed by atoms with E-state index in [0.717, 1.165) is 5.56 Å². The van der Waals surface area contributed by atoms with Gasteiger partial charge in [0.15, 0.2) is 5.76 Å². The van der Waals surface area contributed by atoms with Crippen LogP contribution in [0.4, 0.5) is 0 Å². The Hall–Kier alpha value is -3.16. The Balaban J connectivity index is 1.47. The van der Waals surface area contributed by atoms with Gasteiger partial charge in [-0.05, 0) is 29.8 Å². The van der Waals surface area contributed by atoms with Gasteiger partial charge in [0.05, 0.1) is 6.26 Å². The van der Waals surface area contributed by atoms with Crippen LogP contribution in [0.2, 0.25) is 0 Å². The summed E-state index contributed by atoms with van der Waals surface area (Å²) in [6, 6.07) is 7.03. The number of carbonyl (C=O) groups is 3. The van der Waals surface area contributed by atoms with E-state index in [9.17, 15) is 14.4 Å². The van der Waals surface area contributed by atoms with Gasteiger partial charge in [-0.3, -0.25) is 19.4 Å². The van der Waals surface area contributed by atoms with Crippen molar-refractivity contribution < 1.29 is 18.8 Å². The smallest absolute Gasteiger partial charge is 0.289 e. The molecule has 0 bridgehead atoms. The van der Waals surface area contributed by atoms with Crippen molar-refractivity contribution in [3.8, 4) is 0 Å². The quantitative estimate of drug-likeness (QED) is 0.751. The van der Waals surface area contributed by atoms with E-state index in [-0.39, 0.29) is 24.1 Å². The number of hydrogen-bond acceptors (Lipinski definition) is 5. The van der Waals surface area contributed by atoms with Crippen molar-refractivity contribution >= 4 is 17.7 Å². The van der Waals surface area contributed by atoms with E-state index in [0.29, 0.717) is 45.0 Å². The summed E-state index contributed by atoms with van der Waals surface area (Å²) in [5.74, 6) is 0.0785. The van der Waals surface area contributed by atoms with Crippen LogP contribution in [0.5, 0.6) is 0 Å². The van der Waals surface area contributed by atoms with Crippen molar-refractivity contribution in [1.82, 2.24) is 19.7 Å². The summed E-state index contributed by atoms with van der Waals surface area (Å²) in [5, 5.41) is 0. The number of aromatic nitrogens is 1.